The summed E-state index contributed by atoms with van der Waals surface area (Å²) in [6.45, 7) is -0.545. The summed E-state index contributed by atoms with van der Waals surface area (Å²) in [7, 11) is -3.95. The van der Waals surface area contributed by atoms with Crippen molar-refractivity contribution in [1.29, 1.82) is 0 Å². The first-order valence-corrected chi connectivity index (χ1v) is 14.5. The van der Waals surface area contributed by atoms with E-state index in [2.05, 4.69) is 10.0 Å². The number of aliphatic hydroxyl groups excluding tert-OH is 1. The molecule has 4 aromatic rings. The molecule has 3 N–H and O–H groups in total. The van der Waals surface area contributed by atoms with E-state index in [1.165, 1.54) is 41.3 Å². The summed E-state index contributed by atoms with van der Waals surface area (Å²) in [6.07, 6.45) is 0. The van der Waals surface area contributed by atoms with Crippen LogP contribution < -0.4 is 14.8 Å². The van der Waals surface area contributed by atoms with Crippen molar-refractivity contribution in [1.82, 2.24) is 10.2 Å². The van der Waals surface area contributed by atoms with Crippen LogP contribution in [0, 0.1) is 5.82 Å². The van der Waals surface area contributed by atoms with Gasteiger partial charge in [0.05, 0.1) is 11.5 Å². The number of hydrogen-bond donors (Lipinski definition) is 3. The minimum atomic E-state index is -3.95. The first-order valence-electron chi connectivity index (χ1n) is 13.0. The van der Waals surface area contributed by atoms with Gasteiger partial charge >= 0.3 is 0 Å². The lowest BCUT2D eigenvalue weighted by atomic mass is 10.0. The number of ether oxygens (including phenoxy) is 1. The van der Waals surface area contributed by atoms with Crippen molar-refractivity contribution in [3.05, 3.63) is 126 Å². The van der Waals surface area contributed by atoms with Crippen LogP contribution in [0.5, 0.6) is 5.75 Å². The van der Waals surface area contributed by atoms with Gasteiger partial charge in [-0.05, 0) is 59.7 Å². The molecule has 0 aliphatic heterocycles. The van der Waals surface area contributed by atoms with Crippen molar-refractivity contribution in [2.75, 3.05) is 24.5 Å². The predicted molar refractivity (Wildman–Crippen MR) is 155 cm³/mol. The molecule has 9 nitrogen and oxygen atoms in total. The summed E-state index contributed by atoms with van der Waals surface area (Å²) in [5, 5.41) is 11.9. The Hall–Kier alpha value is -4.74. The topological polar surface area (TPSA) is 125 Å². The average Bonchev–Trinajstić information content (AvgIpc) is 3.01. The van der Waals surface area contributed by atoms with E-state index >= 15 is 0 Å². The van der Waals surface area contributed by atoms with Crippen LogP contribution in [0.2, 0.25) is 0 Å². The molecule has 0 heterocycles. The lowest BCUT2D eigenvalue weighted by Crippen LogP contribution is -2.45. The first kappa shape index (κ1) is 30.2. The zero-order valence-corrected chi connectivity index (χ0v) is 23.3. The number of halogens is 1. The third kappa shape index (κ3) is 8.15. The van der Waals surface area contributed by atoms with Crippen molar-refractivity contribution >= 4 is 27.5 Å². The van der Waals surface area contributed by atoms with E-state index < -0.39 is 40.3 Å². The minimum absolute atomic E-state index is 0.0251. The fourth-order valence-corrected chi connectivity index (χ4v) is 5.22. The number of hydrogen-bond acceptors (Lipinski definition) is 6. The fraction of sp³-hybridized carbons (Fsp3) is 0.161. The zero-order chi connectivity index (χ0) is 30.0. The van der Waals surface area contributed by atoms with E-state index in [0.717, 1.165) is 17.7 Å². The third-order valence-corrected chi connectivity index (χ3v) is 7.59. The smallest absolute Gasteiger partial charge is 0.261 e. The minimum Gasteiger partial charge on any atom is -0.484 e. The number of rotatable bonds is 13. The normalized spacial score (nSPS) is 11.8. The molecule has 11 heteroatoms. The molecule has 42 heavy (non-hydrogen) atoms. The molecule has 4 rings (SSSR count). The maximum atomic E-state index is 13.6. The molecule has 0 bridgehead atoms. The first-order chi connectivity index (χ1) is 20.3. The van der Waals surface area contributed by atoms with Gasteiger partial charge in [0.15, 0.2) is 6.61 Å². The second-order valence-electron chi connectivity index (χ2n) is 9.21. The van der Waals surface area contributed by atoms with Crippen LogP contribution in [-0.2, 0) is 26.2 Å². The van der Waals surface area contributed by atoms with Crippen LogP contribution in [0.25, 0.3) is 0 Å². The lowest BCUT2D eigenvalue weighted by Gasteiger charge is -2.31. The van der Waals surface area contributed by atoms with Crippen molar-refractivity contribution in [3.8, 4) is 5.75 Å². The van der Waals surface area contributed by atoms with Gasteiger partial charge in [0, 0.05) is 18.8 Å². The number of aliphatic hydroxyl groups is 1. The Kier molecular flexibility index (Phi) is 10.2. The van der Waals surface area contributed by atoms with E-state index in [0.29, 0.717) is 5.56 Å². The lowest BCUT2D eigenvalue weighted by molar-refractivity contribution is -0.143. The molecule has 1 atom stereocenters. The molecule has 0 aliphatic carbocycles. The summed E-state index contributed by atoms with van der Waals surface area (Å²) in [5.41, 5.74) is 1.59. The Labute approximate surface area is 243 Å². The quantitative estimate of drug-likeness (QED) is 0.217. The highest BCUT2D eigenvalue weighted by atomic mass is 32.2. The third-order valence-electron chi connectivity index (χ3n) is 6.20. The highest BCUT2D eigenvalue weighted by Gasteiger charge is 2.31. The van der Waals surface area contributed by atoms with E-state index in [-0.39, 0.29) is 36.0 Å². The second-order valence-corrected chi connectivity index (χ2v) is 10.9. The van der Waals surface area contributed by atoms with E-state index in [1.807, 2.05) is 30.3 Å². The van der Waals surface area contributed by atoms with Crippen LogP contribution in [0.1, 0.15) is 17.2 Å². The number of amides is 2. The standard InChI is InChI=1S/C31H30FN3O6S/c32-25-11-13-26(14-12-25)34-42(39,40)28-17-15-27(16-18-28)41-22-29(37)35(21-23-7-3-1-4-8-23)30(31(38)33-19-20-36)24-9-5-2-6-10-24/h1-18,30,34,36H,19-22H2,(H,33,38)/t30-/m0/s1. The number of anilines is 1. The second kappa shape index (κ2) is 14.2. The van der Waals surface area contributed by atoms with Crippen LogP contribution >= 0.6 is 0 Å². The summed E-state index contributed by atoms with van der Waals surface area (Å²) in [5.74, 6) is -1.19. The van der Waals surface area contributed by atoms with E-state index in [9.17, 15) is 27.5 Å². The van der Waals surface area contributed by atoms with Gasteiger partial charge in [-0.1, -0.05) is 60.7 Å². The Balaban J connectivity index is 1.52. The van der Waals surface area contributed by atoms with Gasteiger partial charge in [-0.2, -0.15) is 0 Å². The van der Waals surface area contributed by atoms with Crippen molar-refractivity contribution < 1.29 is 32.2 Å². The Morgan fingerprint density at radius 2 is 1.48 bits per heavy atom. The SMILES string of the molecule is O=C(NCCO)[C@H](c1ccccc1)N(Cc1ccccc1)C(=O)COc1ccc(S(=O)(=O)Nc2ccc(F)cc2)cc1. The van der Waals surface area contributed by atoms with Crippen molar-refractivity contribution in [3.63, 3.8) is 0 Å². The largest absolute Gasteiger partial charge is 0.484 e. The molecule has 218 valence electrons. The molecule has 0 spiro atoms. The molecule has 2 amide bonds. The number of carbonyl (C=O) groups is 2. The number of sulfonamides is 1. The molecule has 4 aromatic carbocycles. The Morgan fingerprint density at radius 1 is 0.857 bits per heavy atom. The van der Waals surface area contributed by atoms with Gasteiger partial charge in [0.2, 0.25) is 5.91 Å². The van der Waals surface area contributed by atoms with E-state index in [4.69, 9.17) is 4.74 Å². The fourth-order valence-electron chi connectivity index (χ4n) is 4.16. The van der Waals surface area contributed by atoms with Gasteiger partial charge < -0.3 is 20.1 Å². The van der Waals surface area contributed by atoms with Gasteiger partial charge in [0.1, 0.15) is 17.6 Å². The maximum absolute atomic E-state index is 13.6. The van der Waals surface area contributed by atoms with Gasteiger partial charge in [-0.15, -0.1) is 0 Å². The van der Waals surface area contributed by atoms with Crippen molar-refractivity contribution in [2.24, 2.45) is 0 Å². The molecule has 0 radical (unpaired) electrons. The highest BCUT2D eigenvalue weighted by Crippen LogP contribution is 2.25. The molecule has 0 aliphatic rings. The maximum Gasteiger partial charge on any atom is 0.261 e. The molecular weight excluding hydrogens is 561 g/mol. The Bertz CT molecular complexity index is 1570. The summed E-state index contributed by atoms with van der Waals surface area (Å²) in [6, 6.07) is 27.4. The van der Waals surface area contributed by atoms with Crippen LogP contribution in [-0.4, -0.2) is 50.0 Å². The summed E-state index contributed by atoms with van der Waals surface area (Å²) in [4.78, 5) is 28.2. The highest BCUT2D eigenvalue weighted by molar-refractivity contribution is 7.92. The van der Waals surface area contributed by atoms with Crippen LogP contribution in [0.15, 0.2) is 114 Å². The van der Waals surface area contributed by atoms with Gasteiger partial charge in [0.25, 0.3) is 15.9 Å². The molecule has 0 saturated heterocycles. The number of carbonyl (C=O) groups excluding carboxylic acids is 2. The molecule has 0 saturated carbocycles. The Morgan fingerprint density at radius 3 is 2.10 bits per heavy atom. The van der Waals surface area contributed by atoms with Crippen LogP contribution in [0.3, 0.4) is 0 Å². The van der Waals surface area contributed by atoms with Crippen molar-refractivity contribution in [2.45, 2.75) is 17.5 Å². The molecular formula is C31H30FN3O6S. The predicted octanol–water partition coefficient (Wildman–Crippen LogP) is 3.88. The zero-order valence-electron chi connectivity index (χ0n) is 22.5. The van der Waals surface area contributed by atoms with Crippen LogP contribution in [0.4, 0.5) is 10.1 Å². The summed E-state index contributed by atoms with van der Waals surface area (Å²) < 4.78 is 46.7. The molecule has 0 fully saturated rings. The summed E-state index contributed by atoms with van der Waals surface area (Å²) >= 11 is 0. The number of benzene rings is 4. The molecule has 0 aromatic heterocycles. The monoisotopic (exact) mass is 591 g/mol. The van der Waals surface area contributed by atoms with E-state index in [1.54, 1.807) is 30.3 Å². The molecule has 0 unspecified atom stereocenters. The number of nitrogens with one attached hydrogen (secondary N) is 2. The van der Waals surface area contributed by atoms with Gasteiger partial charge in [-0.3, -0.25) is 14.3 Å². The average molecular weight is 592 g/mol. The van der Waals surface area contributed by atoms with Gasteiger partial charge in [-0.25, -0.2) is 12.8 Å². The number of nitrogens with zero attached hydrogens (tertiary/aromatic N) is 1.